The first kappa shape index (κ1) is 15.0. The number of aryl methyl sites for hydroxylation is 1. The zero-order chi connectivity index (χ0) is 15.5. The van der Waals surface area contributed by atoms with E-state index >= 15 is 0 Å². The van der Waals surface area contributed by atoms with Gasteiger partial charge in [-0.3, -0.25) is 4.68 Å². The number of hydrogen-bond acceptors (Lipinski definition) is 7. The minimum absolute atomic E-state index is 0.169. The van der Waals surface area contributed by atoms with Crippen LogP contribution in [-0.2, 0) is 7.05 Å². The third kappa shape index (κ3) is 3.28. The monoisotopic (exact) mass is 305 g/mol. The molecule has 1 unspecified atom stereocenters. The molecule has 0 saturated carbocycles. The minimum Gasteiger partial charge on any atom is -0.392 e. The van der Waals surface area contributed by atoms with Crippen molar-refractivity contribution in [3.05, 3.63) is 6.20 Å². The summed E-state index contributed by atoms with van der Waals surface area (Å²) in [5.74, 6) is 0.979. The van der Waals surface area contributed by atoms with Crippen LogP contribution in [-0.4, -0.2) is 62.0 Å². The lowest BCUT2D eigenvalue weighted by Crippen LogP contribution is -2.39. The Hall–Kier alpha value is -1.93. The quantitative estimate of drug-likeness (QED) is 0.678. The van der Waals surface area contributed by atoms with Crippen LogP contribution in [0, 0.1) is 0 Å². The number of aromatic nitrogens is 4. The van der Waals surface area contributed by atoms with Crippen molar-refractivity contribution in [2.75, 3.05) is 37.2 Å². The number of nitrogen functional groups attached to an aromatic ring is 1. The van der Waals surface area contributed by atoms with Crippen molar-refractivity contribution < 1.29 is 5.11 Å². The first-order valence-corrected chi connectivity index (χ1v) is 7.73. The topological polar surface area (TPSA) is 105 Å². The molecule has 0 radical (unpaired) electrons. The number of aliphatic hydroxyl groups is 1. The fourth-order valence-corrected chi connectivity index (χ4v) is 2.86. The molecule has 1 aliphatic rings. The van der Waals surface area contributed by atoms with Gasteiger partial charge in [-0.2, -0.15) is 15.1 Å². The van der Waals surface area contributed by atoms with Gasteiger partial charge < -0.3 is 21.1 Å². The van der Waals surface area contributed by atoms with Gasteiger partial charge in [0.1, 0.15) is 5.82 Å². The lowest BCUT2D eigenvalue weighted by molar-refractivity contribution is 0.0706. The molecule has 8 nitrogen and oxygen atoms in total. The summed E-state index contributed by atoms with van der Waals surface area (Å²) in [5.41, 5.74) is 6.66. The predicted octanol–water partition coefficient (Wildman–Crippen LogP) is 0.204. The molecular weight excluding hydrogens is 282 g/mol. The average Bonchev–Trinajstić information content (AvgIpc) is 2.86. The van der Waals surface area contributed by atoms with E-state index in [9.17, 15) is 5.11 Å². The molecule has 1 atom stereocenters. The van der Waals surface area contributed by atoms with Crippen molar-refractivity contribution in [1.82, 2.24) is 24.6 Å². The number of hydrogen-bond donors (Lipinski definition) is 3. The number of likely N-dealkylation sites (tertiary alicyclic amines) is 1. The highest BCUT2D eigenvalue weighted by Crippen LogP contribution is 2.18. The molecule has 2 aromatic heterocycles. The van der Waals surface area contributed by atoms with E-state index in [0.717, 1.165) is 56.5 Å². The lowest BCUT2D eigenvalue weighted by atomic mass is 10.1. The molecule has 3 rings (SSSR count). The third-order valence-corrected chi connectivity index (χ3v) is 4.04. The number of β-amino-alcohol motifs (C(OH)–C–C–N with tert-alkyl or cyclic N) is 1. The predicted molar refractivity (Wildman–Crippen MR) is 85.5 cm³/mol. The van der Waals surface area contributed by atoms with Gasteiger partial charge in [0.15, 0.2) is 5.65 Å². The van der Waals surface area contributed by atoms with Gasteiger partial charge in [-0.15, -0.1) is 0 Å². The summed E-state index contributed by atoms with van der Waals surface area (Å²) < 4.78 is 1.69. The van der Waals surface area contributed by atoms with Crippen molar-refractivity contribution in [3.63, 3.8) is 0 Å². The van der Waals surface area contributed by atoms with E-state index in [1.54, 1.807) is 10.9 Å². The summed E-state index contributed by atoms with van der Waals surface area (Å²) in [6, 6.07) is 0. The highest BCUT2D eigenvalue weighted by atomic mass is 16.3. The zero-order valence-corrected chi connectivity index (χ0v) is 12.9. The Morgan fingerprint density at radius 2 is 2.32 bits per heavy atom. The van der Waals surface area contributed by atoms with E-state index in [1.165, 1.54) is 0 Å². The number of aliphatic hydroxyl groups excluding tert-OH is 1. The number of fused-ring (bicyclic) bond motifs is 1. The van der Waals surface area contributed by atoms with Crippen molar-refractivity contribution in [2.24, 2.45) is 7.05 Å². The number of piperidine rings is 1. The summed E-state index contributed by atoms with van der Waals surface area (Å²) in [6.45, 7) is 3.59. The van der Waals surface area contributed by atoms with E-state index in [1.807, 2.05) is 7.05 Å². The number of nitrogens with one attached hydrogen (secondary N) is 1. The second kappa shape index (κ2) is 6.45. The Kier molecular flexibility index (Phi) is 4.39. The van der Waals surface area contributed by atoms with Crippen LogP contribution in [0.3, 0.4) is 0 Å². The lowest BCUT2D eigenvalue weighted by Gasteiger charge is -2.29. The van der Waals surface area contributed by atoms with E-state index in [4.69, 9.17) is 5.73 Å². The van der Waals surface area contributed by atoms with E-state index < -0.39 is 0 Å². The van der Waals surface area contributed by atoms with Gasteiger partial charge >= 0.3 is 0 Å². The molecule has 120 valence electrons. The molecule has 8 heteroatoms. The summed E-state index contributed by atoms with van der Waals surface area (Å²) >= 11 is 0. The van der Waals surface area contributed by atoms with Crippen molar-refractivity contribution in [1.29, 1.82) is 0 Å². The molecule has 1 saturated heterocycles. The van der Waals surface area contributed by atoms with E-state index in [-0.39, 0.29) is 6.10 Å². The summed E-state index contributed by atoms with van der Waals surface area (Å²) in [5, 5.41) is 17.8. The number of anilines is 2. The number of nitrogens with two attached hydrogens (primary N) is 1. The molecule has 22 heavy (non-hydrogen) atoms. The minimum atomic E-state index is -0.169. The normalized spacial score (nSPS) is 19.6. The Balaban J connectivity index is 1.52. The Morgan fingerprint density at radius 1 is 1.45 bits per heavy atom. The maximum Gasteiger partial charge on any atom is 0.226 e. The van der Waals surface area contributed by atoms with Crippen LogP contribution in [0.25, 0.3) is 11.0 Å². The Bertz CT molecular complexity index is 641. The second-order valence-electron chi connectivity index (χ2n) is 5.81. The largest absolute Gasteiger partial charge is 0.392 e. The van der Waals surface area contributed by atoms with Gasteiger partial charge in [0.05, 0.1) is 17.7 Å². The molecular formula is C14H23N7O. The van der Waals surface area contributed by atoms with Crippen LogP contribution in [0.5, 0.6) is 0 Å². The van der Waals surface area contributed by atoms with Crippen LogP contribution >= 0.6 is 0 Å². The number of rotatable bonds is 5. The molecule has 1 aliphatic heterocycles. The van der Waals surface area contributed by atoms with Crippen molar-refractivity contribution >= 4 is 22.8 Å². The van der Waals surface area contributed by atoms with Gasteiger partial charge in [0, 0.05) is 20.1 Å². The molecule has 0 bridgehead atoms. The Labute approximate surface area is 129 Å². The first-order chi connectivity index (χ1) is 10.6. The van der Waals surface area contributed by atoms with E-state index in [0.29, 0.717) is 11.8 Å². The smallest absolute Gasteiger partial charge is 0.226 e. The van der Waals surface area contributed by atoms with Gasteiger partial charge in [-0.05, 0) is 32.4 Å². The highest BCUT2D eigenvalue weighted by molar-refractivity contribution is 5.86. The summed E-state index contributed by atoms with van der Waals surface area (Å²) in [6.07, 6.45) is 4.48. The van der Waals surface area contributed by atoms with Crippen LogP contribution in [0.1, 0.15) is 19.3 Å². The highest BCUT2D eigenvalue weighted by Gasteiger charge is 2.16. The maximum absolute atomic E-state index is 9.65. The van der Waals surface area contributed by atoms with Crippen LogP contribution < -0.4 is 11.1 Å². The SMILES string of the molecule is Cn1ncc2c(N)nc(NCCCN3CCCC(O)C3)nc21. The van der Waals surface area contributed by atoms with Crippen LogP contribution in [0.2, 0.25) is 0 Å². The first-order valence-electron chi connectivity index (χ1n) is 7.73. The fraction of sp³-hybridized carbons (Fsp3) is 0.643. The van der Waals surface area contributed by atoms with Crippen molar-refractivity contribution in [2.45, 2.75) is 25.4 Å². The average molecular weight is 305 g/mol. The summed E-state index contributed by atoms with van der Waals surface area (Å²) in [4.78, 5) is 11.0. The van der Waals surface area contributed by atoms with Gasteiger partial charge in [0.2, 0.25) is 5.95 Å². The van der Waals surface area contributed by atoms with Gasteiger partial charge in [0.25, 0.3) is 0 Å². The molecule has 0 aliphatic carbocycles. The van der Waals surface area contributed by atoms with E-state index in [2.05, 4.69) is 25.3 Å². The molecule has 3 heterocycles. The number of nitrogens with zero attached hydrogens (tertiary/aromatic N) is 5. The van der Waals surface area contributed by atoms with Crippen LogP contribution in [0.4, 0.5) is 11.8 Å². The Morgan fingerprint density at radius 3 is 3.14 bits per heavy atom. The van der Waals surface area contributed by atoms with Crippen molar-refractivity contribution in [3.8, 4) is 0 Å². The molecule has 1 fully saturated rings. The molecule has 4 N–H and O–H groups in total. The van der Waals surface area contributed by atoms with Gasteiger partial charge in [-0.25, -0.2) is 0 Å². The molecule has 2 aromatic rings. The van der Waals surface area contributed by atoms with Gasteiger partial charge in [-0.1, -0.05) is 0 Å². The summed E-state index contributed by atoms with van der Waals surface area (Å²) in [7, 11) is 1.83. The standard InChI is InChI=1S/C14H23N7O/c1-20-13-11(8-17-20)12(15)18-14(19-13)16-5-3-7-21-6-2-4-10(22)9-21/h8,10,22H,2-7,9H2,1H3,(H3,15,16,18,19). The van der Waals surface area contributed by atoms with Crippen LogP contribution in [0.15, 0.2) is 6.20 Å². The fourth-order valence-electron chi connectivity index (χ4n) is 2.86. The zero-order valence-electron chi connectivity index (χ0n) is 12.9. The molecule has 0 spiro atoms. The second-order valence-corrected chi connectivity index (χ2v) is 5.81. The maximum atomic E-state index is 9.65. The third-order valence-electron chi connectivity index (χ3n) is 4.04. The molecule has 0 aromatic carbocycles. The molecule has 0 amide bonds.